The second-order valence-electron chi connectivity index (χ2n) is 5.68. The lowest BCUT2D eigenvalue weighted by Crippen LogP contribution is -2.27. The first-order valence-electron chi connectivity index (χ1n) is 8.19. The molecule has 0 spiro atoms. The topological polar surface area (TPSA) is 58.1 Å². The summed E-state index contributed by atoms with van der Waals surface area (Å²) >= 11 is 6.08. The number of rotatable bonds is 7. The Morgan fingerprint density at radius 2 is 1.79 bits per heavy atom. The lowest BCUT2D eigenvalue weighted by molar-refractivity contribution is 0.102. The number of hydrogen-bond donors (Lipinski definition) is 1. The van der Waals surface area contributed by atoms with Crippen molar-refractivity contribution in [1.29, 1.82) is 0 Å². The van der Waals surface area contributed by atoms with Crippen molar-refractivity contribution < 1.29 is 4.79 Å². The summed E-state index contributed by atoms with van der Waals surface area (Å²) in [4.78, 5) is 23.1. The van der Waals surface area contributed by atoms with Crippen molar-refractivity contribution in [3.05, 3.63) is 46.7 Å². The maximum Gasteiger partial charge on any atom is 0.258 e. The average Bonchev–Trinajstić information content (AvgIpc) is 2.58. The molecule has 1 heterocycles. The number of benzene rings is 1. The van der Waals surface area contributed by atoms with Crippen molar-refractivity contribution in [1.82, 2.24) is 9.97 Å². The van der Waals surface area contributed by atoms with E-state index in [0.717, 1.165) is 31.5 Å². The zero-order chi connectivity index (χ0) is 17.5. The number of hydrogen-bond acceptors (Lipinski definition) is 4. The SMILES string of the molecule is CCCN(CCC)c1ncc(C(=O)Nc2ccc(C)c(Cl)c2)cn1. The van der Waals surface area contributed by atoms with Crippen LogP contribution in [0.25, 0.3) is 0 Å². The lowest BCUT2D eigenvalue weighted by atomic mass is 10.2. The van der Waals surface area contributed by atoms with E-state index in [2.05, 4.69) is 34.0 Å². The number of amides is 1. The molecule has 0 fully saturated rings. The molecule has 0 saturated carbocycles. The van der Waals surface area contributed by atoms with Crippen LogP contribution in [0.15, 0.2) is 30.6 Å². The Labute approximate surface area is 148 Å². The molecule has 1 aromatic heterocycles. The molecule has 0 aliphatic carbocycles. The fourth-order valence-electron chi connectivity index (χ4n) is 2.33. The molecule has 6 heteroatoms. The highest BCUT2D eigenvalue weighted by Gasteiger charge is 2.11. The zero-order valence-corrected chi connectivity index (χ0v) is 15.1. The molecule has 0 aliphatic heterocycles. The highest BCUT2D eigenvalue weighted by Crippen LogP contribution is 2.20. The van der Waals surface area contributed by atoms with Gasteiger partial charge in [-0.1, -0.05) is 31.5 Å². The monoisotopic (exact) mass is 346 g/mol. The summed E-state index contributed by atoms with van der Waals surface area (Å²) in [6.07, 6.45) is 5.18. The van der Waals surface area contributed by atoms with E-state index in [1.54, 1.807) is 18.5 Å². The van der Waals surface area contributed by atoms with E-state index in [9.17, 15) is 4.79 Å². The summed E-state index contributed by atoms with van der Waals surface area (Å²) in [6.45, 7) is 7.97. The van der Waals surface area contributed by atoms with E-state index < -0.39 is 0 Å². The Hall–Kier alpha value is -2.14. The van der Waals surface area contributed by atoms with Gasteiger partial charge in [0.1, 0.15) is 0 Å². The van der Waals surface area contributed by atoms with Gasteiger partial charge in [-0.25, -0.2) is 9.97 Å². The van der Waals surface area contributed by atoms with Crippen LogP contribution in [0.4, 0.5) is 11.6 Å². The minimum Gasteiger partial charge on any atom is -0.341 e. The van der Waals surface area contributed by atoms with Crippen LogP contribution < -0.4 is 10.2 Å². The first-order chi connectivity index (χ1) is 11.5. The molecule has 0 aliphatic rings. The number of halogens is 1. The van der Waals surface area contributed by atoms with Gasteiger partial charge in [-0.2, -0.15) is 0 Å². The van der Waals surface area contributed by atoms with Gasteiger partial charge in [0.2, 0.25) is 5.95 Å². The molecule has 1 amide bonds. The Kier molecular flexibility index (Phi) is 6.55. The molecule has 0 saturated heterocycles. The normalized spacial score (nSPS) is 10.5. The van der Waals surface area contributed by atoms with Gasteiger partial charge in [0.15, 0.2) is 0 Å². The van der Waals surface area contributed by atoms with Crippen molar-refractivity contribution in [2.75, 3.05) is 23.3 Å². The first kappa shape index (κ1) is 18.2. The van der Waals surface area contributed by atoms with E-state index in [1.165, 1.54) is 0 Å². The van der Waals surface area contributed by atoms with Crippen LogP contribution in [0.3, 0.4) is 0 Å². The Morgan fingerprint density at radius 1 is 1.17 bits per heavy atom. The Balaban J connectivity index is 2.08. The van der Waals surface area contributed by atoms with E-state index in [4.69, 9.17) is 11.6 Å². The van der Waals surface area contributed by atoms with Crippen molar-refractivity contribution >= 4 is 29.1 Å². The fraction of sp³-hybridized carbons (Fsp3) is 0.389. The summed E-state index contributed by atoms with van der Waals surface area (Å²) in [7, 11) is 0. The predicted molar refractivity (Wildman–Crippen MR) is 99.0 cm³/mol. The van der Waals surface area contributed by atoms with E-state index in [-0.39, 0.29) is 5.91 Å². The van der Waals surface area contributed by atoms with E-state index in [0.29, 0.717) is 22.2 Å². The van der Waals surface area contributed by atoms with Crippen LogP contribution in [0.2, 0.25) is 5.02 Å². The largest absolute Gasteiger partial charge is 0.341 e. The van der Waals surface area contributed by atoms with Crippen LogP contribution in [-0.2, 0) is 0 Å². The van der Waals surface area contributed by atoms with E-state index >= 15 is 0 Å². The van der Waals surface area contributed by atoms with Crippen LogP contribution in [-0.4, -0.2) is 29.0 Å². The molecule has 0 unspecified atom stereocenters. The smallest absolute Gasteiger partial charge is 0.258 e. The molecule has 24 heavy (non-hydrogen) atoms. The second-order valence-corrected chi connectivity index (χ2v) is 6.08. The molecular formula is C18H23ClN4O. The van der Waals surface area contributed by atoms with Gasteiger partial charge in [-0.05, 0) is 37.5 Å². The quantitative estimate of drug-likeness (QED) is 0.811. The van der Waals surface area contributed by atoms with Crippen molar-refractivity contribution in [2.45, 2.75) is 33.6 Å². The summed E-state index contributed by atoms with van der Waals surface area (Å²) < 4.78 is 0. The summed E-state index contributed by atoms with van der Waals surface area (Å²) in [5, 5.41) is 3.43. The van der Waals surface area contributed by atoms with E-state index in [1.807, 2.05) is 19.1 Å². The molecule has 1 N–H and O–H groups in total. The third-order valence-electron chi connectivity index (χ3n) is 3.60. The maximum atomic E-state index is 12.3. The molecule has 5 nitrogen and oxygen atoms in total. The van der Waals surface area contributed by atoms with Crippen LogP contribution in [0.5, 0.6) is 0 Å². The predicted octanol–water partition coefficient (Wildman–Crippen LogP) is 4.32. The number of nitrogens with one attached hydrogen (secondary N) is 1. The van der Waals surface area contributed by atoms with Gasteiger partial charge in [-0.15, -0.1) is 0 Å². The number of carbonyl (C=O) groups excluding carboxylic acids is 1. The van der Waals surface area contributed by atoms with Crippen LogP contribution in [0, 0.1) is 6.92 Å². The van der Waals surface area contributed by atoms with Crippen molar-refractivity contribution in [3.8, 4) is 0 Å². The summed E-state index contributed by atoms with van der Waals surface area (Å²) in [5.74, 6) is 0.410. The van der Waals surface area contributed by atoms with Gasteiger partial charge in [-0.3, -0.25) is 4.79 Å². The van der Waals surface area contributed by atoms with Crippen LogP contribution in [0.1, 0.15) is 42.6 Å². The molecule has 128 valence electrons. The number of nitrogens with zero attached hydrogens (tertiary/aromatic N) is 3. The van der Waals surface area contributed by atoms with Gasteiger partial charge >= 0.3 is 0 Å². The highest BCUT2D eigenvalue weighted by atomic mass is 35.5. The van der Waals surface area contributed by atoms with Crippen molar-refractivity contribution in [2.24, 2.45) is 0 Å². The standard InChI is InChI=1S/C18H23ClN4O/c1-4-8-23(9-5-2)18-20-11-14(12-21-18)17(24)22-15-7-6-13(3)16(19)10-15/h6-7,10-12H,4-5,8-9H2,1-3H3,(H,22,24). The van der Waals surface area contributed by atoms with Gasteiger partial charge in [0.25, 0.3) is 5.91 Å². The molecular weight excluding hydrogens is 324 g/mol. The minimum atomic E-state index is -0.251. The number of anilines is 2. The van der Waals surface area contributed by atoms with Crippen LogP contribution >= 0.6 is 11.6 Å². The lowest BCUT2D eigenvalue weighted by Gasteiger charge is -2.21. The average molecular weight is 347 g/mol. The molecule has 0 radical (unpaired) electrons. The number of aryl methyl sites for hydroxylation is 1. The molecule has 0 atom stereocenters. The van der Waals surface area contributed by atoms with Gasteiger partial charge in [0.05, 0.1) is 5.56 Å². The minimum absolute atomic E-state index is 0.251. The third kappa shape index (κ3) is 4.68. The van der Waals surface area contributed by atoms with Crippen molar-refractivity contribution in [3.63, 3.8) is 0 Å². The zero-order valence-electron chi connectivity index (χ0n) is 14.3. The summed E-state index contributed by atoms with van der Waals surface area (Å²) in [5.41, 5.74) is 2.04. The van der Waals surface area contributed by atoms with Gasteiger partial charge in [0, 0.05) is 36.2 Å². The second kappa shape index (κ2) is 8.64. The van der Waals surface area contributed by atoms with Gasteiger partial charge < -0.3 is 10.2 Å². The fourth-order valence-corrected chi connectivity index (χ4v) is 2.51. The Bertz CT molecular complexity index is 682. The summed E-state index contributed by atoms with van der Waals surface area (Å²) in [6, 6.07) is 5.41. The molecule has 2 aromatic rings. The number of aromatic nitrogens is 2. The molecule has 1 aromatic carbocycles. The molecule has 2 rings (SSSR count). The number of carbonyl (C=O) groups is 1. The third-order valence-corrected chi connectivity index (χ3v) is 4.01. The maximum absolute atomic E-state index is 12.3. The first-order valence-corrected chi connectivity index (χ1v) is 8.57. The highest BCUT2D eigenvalue weighted by molar-refractivity contribution is 6.31. The molecule has 0 bridgehead atoms. The Morgan fingerprint density at radius 3 is 2.33 bits per heavy atom.